The van der Waals surface area contributed by atoms with Crippen molar-refractivity contribution in [2.75, 3.05) is 19.6 Å². The molecule has 1 aliphatic rings. The van der Waals surface area contributed by atoms with Gasteiger partial charge in [-0.3, -0.25) is 4.90 Å². The van der Waals surface area contributed by atoms with Gasteiger partial charge >= 0.3 is 0 Å². The fourth-order valence-corrected chi connectivity index (χ4v) is 4.01. The van der Waals surface area contributed by atoms with E-state index in [1.54, 1.807) is 0 Å². The van der Waals surface area contributed by atoms with Gasteiger partial charge in [-0.2, -0.15) is 0 Å². The van der Waals surface area contributed by atoms with Gasteiger partial charge in [-0.25, -0.2) is 18.1 Å². The van der Waals surface area contributed by atoms with Gasteiger partial charge in [-0.15, -0.1) is 0 Å². The zero-order chi connectivity index (χ0) is 17.0. The Morgan fingerprint density at radius 2 is 1.96 bits per heavy atom. The molecule has 0 bridgehead atoms. The summed E-state index contributed by atoms with van der Waals surface area (Å²) in [6.45, 7) is 5.54. The molecule has 1 fully saturated rings. The lowest BCUT2D eigenvalue weighted by Gasteiger charge is -2.32. The molecule has 0 aliphatic carbocycles. The topological polar surface area (TPSA) is 78.1 Å². The number of aromatic nitrogens is 2. The van der Waals surface area contributed by atoms with Crippen LogP contribution < -0.4 is 4.72 Å². The van der Waals surface area contributed by atoms with Crippen molar-refractivity contribution < 1.29 is 8.42 Å². The smallest absolute Gasteiger partial charge is 0.274 e. The molecular formula is C17H24N4O2S. The molecule has 6 nitrogen and oxygen atoms in total. The molecule has 7 heteroatoms. The first-order chi connectivity index (χ1) is 11.5. The maximum absolute atomic E-state index is 12.1. The third-order valence-electron chi connectivity index (χ3n) is 4.52. The summed E-state index contributed by atoms with van der Waals surface area (Å²) in [7, 11) is -3.51. The summed E-state index contributed by atoms with van der Waals surface area (Å²) in [5.41, 5.74) is 2.61. The average Bonchev–Trinajstić information content (AvgIpc) is 3.12. The normalized spacial score (nSPS) is 17.2. The highest BCUT2D eigenvalue weighted by Gasteiger charge is 2.22. The van der Waals surface area contributed by atoms with Crippen molar-refractivity contribution in [1.82, 2.24) is 19.6 Å². The molecule has 2 heterocycles. The lowest BCUT2D eigenvalue weighted by Crippen LogP contribution is -2.38. The van der Waals surface area contributed by atoms with Gasteiger partial charge < -0.3 is 4.98 Å². The molecule has 24 heavy (non-hydrogen) atoms. The van der Waals surface area contributed by atoms with Crippen LogP contribution in [0.4, 0.5) is 0 Å². The van der Waals surface area contributed by atoms with Gasteiger partial charge in [0.05, 0.1) is 0 Å². The summed E-state index contributed by atoms with van der Waals surface area (Å²) in [5.74, 6) is 0.379. The molecule has 0 atom stereocenters. The summed E-state index contributed by atoms with van der Waals surface area (Å²) in [6.07, 6.45) is 4.97. The van der Waals surface area contributed by atoms with Crippen LogP contribution in [0, 0.1) is 12.8 Å². The first-order valence-electron chi connectivity index (χ1n) is 8.30. The number of aromatic amines is 1. The van der Waals surface area contributed by atoms with Crippen LogP contribution >= 0.6 is 0 Å². The van der Waals surface area contributed by atoms with Crippen LogP contribution in [0.25, 0.3) is 0 Å². The van der Waals surface area contributed by atoms with Crippen LogP contribution in [0.1, 0.15) is 24.0 Å². The first-order valence-corrected chi connectivity index (χ1v) is 9.78. The van der Waals surface area contributed by atoms with Gasteiger partial charge in [0.2, 0.25) is 5.16 Å². The van der Waals surface area contributed by atoms with Crippen molar-refractivity contribution in [1.29, 1.82) is 0 Å². The van der Waals surface area contributed by atoms with E-state index in [9.17, 15) is 8.42 Å². The Morgan fingerprint density at radius 1 is 1.25 bits per heavy atom. The molecule has 0 radical (unpaired) electrons. The standard InChI is InChI=1S/C17H24N4O2S/c1-14-2-4-16(5-3-14)13-21-10-6-15(7-11-21)12-20-24(22,23)17-18-8-9-19-17/h2-5,8-9,15,20H,6-7,10-13H2,1H3,(H,18,19). The second-order valence-electron chi connectivity index (χ2n) is 6.45. The zero-order valence-corrected chi connectivity index (χ0v) is 14.7. The second kappa shape index (κ2) is 7.46. The number of H-pyrrole nitrogens is 1. The summed E-state index contributed by atoms with van der Waals surface area (Å²) in [5, 5.41) is -0.0145. The van der Waals surface area contributed by atoms with E-state index in [4.69, 9.17) is 0 Å². The van der Waals surface area contributed by atoms with Crippen molar-refractivity contribution in [2.45, 2.75) is 31.5 Å². The molecule has 1 aromatic heterocycles. The number of nitrogens with zero attached hydrogens (tertiary/aromatic N) is 2. The summed E-state index contributed by atoms with van der Waals surface area (Å²) >= 11 is 0. The SMILES string of the molecule is Cc1ccc(CN2CCC(CNS(=O)(=O)c3ncc[nH]3)CC2)cc1. The largest absolute Gasteiger partial charge is 0.334 e. The molecule has 1 aromatic carbocycles. The number of likely N-dealkylation sites (tertiary alicyclic amines) is 1. The van der Waals surface area contributed by atoms with E-state index >= 15 is 0 Å². The highest BCUT2D eigenvalue weighted by atomic mass is 32.2. The number of rotatable bonds is 6. The summed E-state index contributed by atoms with van der Waals surface area (Å²) < 4.78 is 26.8. The van der Waals surface area contributed by atoms with Crippen LogP contribution in [0.3, 0.4) is 0 Å². The van der Waals surface area contributed by atoms with Gasteiger partial charge in [-0.05, 0) is 44.3 Å². The average molecular weight is 348 g/mol. The van der Waals surface area contributed by atoms with Crippen molar-refractivity contribution in [3.05, 3.63) is 47.8 Å². The molecule has 0 amide bonds. The number of piperidine rings is 1. The number of hydrogen-bond donors (Lipinski definition) is 2. The minimum Gasteiger partial charge on any atom is -0.334 e. The van der Waals surface area contributed by atoms with E-state index in [1.165, 1.54) is 23.5 Å². The Hall–Kier alpha value is -1.70. The molecule has 0 spiro atoms. The minimum atomic E-state index is -3.51. The lowest BCUT2D eigenvalue weighted by atomic mass is 9.97. The lowest BCUT2D eigenvalue weighted by molar-refractivity contribution is 0.178. The quantitative estimate of drug-likeness (QED) is 0.836. The number of nitrogens with one attached hydrogen (secondary N) is 2. The Balaban J connectivity index is 1.44. The Labute approximate surface area is 143 Å². The van der Waals surface area contributed by atoms with E-state index in [0.717, 1.165) is 32.5 Å². The fourth-order valence-electron chi connectivity index (χ4n) is 2.99. The summed E-state index contributed by atoms with van der Waals surface area (Å²) in [4.78, 5) is 8.87. The van der Waals surface area contributed by atoms with Gasteiger partial charge in [0.1, 0.15) is 0 Å². The van der Waals surface area contributed by atoms with Crippen LogP contribution in [0.2, 0.25) is 0 Å². The van der Waals surface area contributed by atoms with Crippen molar-refractivity contribution in [2.24, 2.45) is 5.92 Å². The predicted octanol–water partition coefficient (Wildman–Crippen LogP) is 1.91. The predicted molar refractivity (Wildman–Crippen MR) is 93.0 cm³/mol. The third kappa shape index (κ3) is 4.43. The monoisotopic (exact) mass is 348 g/mol. The number of hydrogen-bond acceptors (Lipinski definition) is 4. The van der Waals surface area contributed by atoms with Crippen molar-refractivity contribution >= 4 is 10.0 Å². The van der Waals surface area contributed by atoms with E-state index in [1.807, 2.05) is 0 Å². The van der Waals surface area contributed by atoms with Gasteiger partial charge in [0.25, 0.3) is 10.0 Å². The van der Waals surface area contributed by atoms with E-state index < -0.39 is 10.0 Å². The number of imidazole rings is 1. The van der Waals surface area contributed by atoms with Crippen LogP contribution in [-0.2, 0) is 16.6 Å². The second-order valence-corrected chi connectivity index (χ2v) is 8.13. The van der Waals surface area contributed by atoms with Crippen molar-refractivity contribution in [3.63, 3.8) is 0 Å². The molecule has 2 aromatic rings. The Bertz CT molecular complexity index is 733. The minimum absolute atomic E-state index is 0.0145. The highest BCUT2D eigenvalue weighted by Crippen LogP contribution is 2.19. The number of aryl methyl sites for hydroxylation is 1. The van der Waals surface area contributed by atoms with Gasteiger partial charge in [0.15, 0.2) is 0 Å². The van der Waals surface area contributed by atoms with Crippen LogP contribution in [0.15, 0.2) is 41.8 Å². The Morgan fingerprint density at radius 3 is 2.58 bits per heavy atom. The highest BCUT2D eigenvalue weighted by molar-refractivity contribution is 7.89. The molecule has 0 unspecified atom stereocenters. The van der Waals surface area contributed by atoms with Gasteiger partial charge in [0, 0.05) is 25.5 Å². The first kappa shape index (κ1) is 17.1. The van der Waals surface area contributed by atoms with Crippen molar-refractivity contribution in [3.8, 4) is 0 Å². The maximum atomic E-state index is 12.1. The molecule has 130 valence electrons. The van der Waals surface area contributed by atoms with E-state index in [-0.39, 0.29) is 5.16 Å². The number of benzene rings is 1. The van der Waals surface area contributed by atoms with E-state index in [0.29, 0.717) is 12.5 Å². The van der Waals surface area contributed by atoms with Crippen LogP contribution in [-0.4, -0.2) is 42.9 Å². The fraction of sp³-hybridized carbons (Fsp3) is 0.471. The summed E-state index contributed by atoms with van der Waals surface area (Å²) in [6, 6.07) is 8.65. The Kier molecular flexibility index (Phi) is 5.33. The van der Waals surface area contributed by atoms with E-state index in [2.05, 4.69) is 50.8 Å². The molecule has 1 saturated heterocycles. The molecule has 0 saturated carbocycles. The molecule has 3 rings (SSSR count). The van der Waals surface area contributed by atoms with Crippen LogP contribution in [0.5, 0.6) is 0 Å². The number of sulfonamides is 1. The zero-order valence-electron chi connectivity index (χ0n) is 13.9. The molecular weight excluding hydrogens is 324 g/mol. The third-order valence-corrected chi connectivity index (χ3v) is 5.80. The molecule has 1 aliphatic heterocycles. The van der Waals surface area contributed by atoms with Gasteiger partial charge in [-0.1, -0.05) is 29.8 Å². The molecule has 2 N–H and O–H groups in total. The maximum Gasteiger partial charge on any atom is 0.274 e.